The van der Waals surface area contributed by atoms with Gasteiger partial charge in [0.05, 0.1) is 0 Å². The van der Waals surface area contributed by atoms with Gasteiger partial charge in [-0.1, -0.05) is 61.9 Å². The molecule has 0 bridgehead atoms. The van der Waals surface area contributed by atoms with E-state index in [1.807, 2.05) is 24.3 Å². The van der Waals surface area contributed by atoms with E-state index in [9.17, 15) is 5.11 Å². The van der Waals surface area contributed by atoms with Crippen LogP contribution in [0.15, 0.2) is 54.6 Å². The Bertz CT molecular complexity index is 462. The van der Waals surface area contributed by atoms with Gasteiger partial charge in [0.15, 0.2) is 0 Å². The largest absolute Gasteiger partial charge is 0.508 e. The first-order valence-corrected chi connectivity index (χ1v) is 6.15. The molecule has 0 heterocycles. The van der Waals surface area contributed by atoms with Crippen LogP contribution in [0.1, 0.15) is 36.8 Å². The van der Waals surface area contributed by atoms with E-state index < -0.39 is 0 Å². The molecule has 0 saturated heterocycles. The molecule has 17 heavy (non-hydrogen) atoms. The SMILES string of the molecule is CCC[C@@H](c1ccccc1)c1ccccc1O. The van der Waals surface area contributed by atoms with Crippen molar-refractivity contribution >= 4 is 0 Å². The lowest BCUT2D eigenvalue weighted by Crippen LogP contribution is -2.00. The third-order valence-electron chi connectivity index (χ3n) is 3.09. The summed E-state index contributed by atoms with van der Waals surface area (Å²) >= 11 is 0. The second kappa shape index (κ2) is 5.53. The molecular weight excluding hydrogens is 208 g/mol. The zero-order valence-electron chi connectivity index (χ0n) is 10.1. The molecule has 1 atom stereocenters. The molecule has 0 fully saturated rings. The van der Waals surface area contributed by atoms with Gasteiger partial charge in [-0.3, -0.25) is 0 Å². The van der Waals surface area contributed by atoms with Crippen LogP contribution < -0.4 is 0 Å². The Balaban J connectivity index is 2.39. The number of phenolic OH excluding ortho intramolecular Hbond substituents is 1. The summed E-state index contributed by atoms with van der Waals surface area (Å²) in [6.07, 6.45) is 2.16. The van der Waals surface area contributed by atoms with Crippen LogP contribution in [-0.2, 0) is 0 Å². The van der Waals surface area contributed by atoms with Gasteiger partial charge >= 0.3 is 0 Å². The lowest BCUT2D eigenvalue weighted by Gasteiger charge is -2.18. The molecule has 0 amide bonds. The summed E-state index contributed by atoms with van der Waals surface area (Å²) in [5.74, 6) is 0.692. The van der Waals surface area contributed by atoms with Crippen molar-refractivity contribution in [3.8, 4) is 5.75 Å². The van der Waals surface area contributed by atoms with Gasteiger partial charge in [0.25, 0.3) is 0 Å². The summed E-state index contributed by atoms with van der Waals surface area (Å²) in [7, 11) is 0. The second-order valence-electron chi connectivity index (χ2n) is 4.31. The van der Waals surface area contributed by atoms with Crippen LogP contribution in [0.5, 0.6) is 5.75 Å². The molecule has 1 N–H and O–H groups in total. The number of phenols is 1. The summed E-state index contributed by atoms with van der Waals surface area (Å²) in [6.45, 7) is 2.18. The van der Waals surface area contributed by atoms with Crippen molar-refractivity contribution < 1.29 is 5.11 Å². The molecule has 0 aliphatic rings. The van der Waals surface area contributed by atoms with Crippen LogP contribution in [0, 0.1) is 0 Å². The highest BCUT2D eigenvalue weighted by Crippen LogP contribution is 2.34. The normalized spacial score (nSPS) is 12.3. The van der Waals surface area contributed by atoms with Crippen molar-refractivity contribution in [3.05, 3.63) is 65.7 Å². The number of benzene rings is 2. The Morgan fingerprint density at radius 1 is 0.941 bits per heavy atom. The minimum absolute atomic E-state index is 0.294. The Labute approximate surface area is 103 Å². The minimum Gasteiger partial charge on any atom is -0.508 e. The predicted molar refractivity (Wildman–Crippen MR) is 71.3 cm³/mol. The van der Waals surface area contributed by atoms with Crippen LogP contribution in [0.3, 0.4) is 0 Å². The van der Waals surface area contributed by atoms with Crippen molar-refractivity contribution in [1.82, 2.24) is 0 Å². The third-order valence-corrected chi connectivity index (χ3v) is 3.09. The third kappa shape index (κ3) is 2.68. The first-order valence-electron chi connectivity index (χ1n) is 6.15. The molecule has 2 aromatic carbocycles. The fraction of sp³-hybridized carbons (Fsp3) is 0.250. The van der Waals surface area contributed by atoms with Gasteiger partial charge in [-0.15, -0.1) is 0 Å². The second-order valence-corrected chi connectivity index (χ2v) is 4.31. The molecule has 88 valence electrons. The maximum absolute atomic E-state index is 9.97. The van der Waals surface area contributed by atoms with E-state index >= 15 is 0 Å². The van der Waals surface area contributed by atoms with Gasteiger partial charge in [0, 0.05) is 11.5 Å². The monoisotopic (exact) mass is 226 g/mol. The van der Waals surface area contributed by atoms with Gasteiger partial charge in [-0.2, -0.15) is 0 Å². The van der Waals surface area contributed by atoms with Crippen molar-refractivity contribution in [1.29, 1.82) is 0 Å². The maximum Gasteiger partial charge on any atom is 0.119 e. The Morgan fingerprint density at radius 3 is 2.24 bits per heavy atom. The zero-order chi connectivity index (χ0) is 12.1. The van der Waals surface area contributed by atoms with Gasteiger partial charge in [0.2, 0.25) is 0 Å². The number of aromatic hydroxyl groups is 1. The van der Waals surface area contributed by atoms with Crippen LogP contribution in [-0.4, -0.2) is 5.11 Å². The molecule has 0 saturated carbocycles. The summed E-state index contributed by atoms with van der Waals surface area (Å²) in [5.41, 5.74) is 2.30. The number of hydrogen-bond donors (Lipinski definition) is 1. The van der Waals surface area contributed by atoms with Crippen LogP contribution in [0.4, 0.5) is 0 Å². The van der Waals surface area contributed by atoms with Crippen molar-refractivity contribution in [2.75, 3.05) is 0 Å². The molecule has 0 spiro atoms. The van der Waals surface area contributed by atoms with E-state index in [2.05, 4.69) is 31.2 Å². The maximum atomic E-state index is 9.97. The Kier molecular flexibility index (Phi) is 3.81. The molecule has 1 nitrogen and oxygen atoms in total. The Hall–Kier alpha value is -1.76. The smallest absolute Gasteiger partial charge is 0.119 e. The van der Waals surface area contributed by atoms with Gasteiger partial charge in [-0.05, 0) is 18.1 Å². The minimum atomic E-state index is 0.294. The predicted octanol–water partition coefficient (Wildman–Crippen LogP) is 4.32. The van der Waals surface area contributed by atoms with E-state index in [1.54, 1.807) is 6.07 Å². The van der Waals surface area contributed by atoms with Crippen LogP contribution in [0.2, 0.25) is 0 Å². The summed E-state index contributed by atoms with van der Waals surface area (Å²) in [4.78, 5) is 0. The Morgan fingerprint density at radius 2 is 1.59 bits per heavy atom. The van der Waals surface area contributed by atoms with Crippen molar-refractivity contribution in [2.45, 2.75) is 25.7 Å². The standard InChI is InChI=1S/C16H18O/c1-2-8-14(13-9-4-3-5-10-13)15-11-6-7-12-16(15)17/h3-7,9-12,14,17H,2,8H2,1H3/t14-/m0/s1. The van der Waals surface area contributed by atoms with E-state index in [4.69, 9.17) is 0 Å². The molecule has 0 aromatic heterocycles. The summed E-state index contributed by atoms with van der Waals surface area (Å²) in [5, 5.41) is 9.97. The molecule has 0 aliphatic heterocycles. The fourth-order valence-corrected chi connectivity index (χ4v) is 2.26. The van der Waals surface area contributed by atoms with E-state index in [0.717, 1.165) is 18.4 Å². The lowest BCUT2D eigenvalue weighted by atomic mass is 9.87. The number of rotatable bonds is 4. The average Bonchev–Trinajstić information content (AvgIpc) is 2.38. The van der Waals surface area contributed by atoms with Crippen LogP contribution >= 0.6 is 0 Å². The quantitative estimate of drug-likeness (QED) is 0.823. The summed E-state index contributed by atoms with van der Waals surface area (Å²) in [6, 6.07) is 18.0. The molecule has 2 aromatic rings. The van der Waals surface area contributed by atoms with Gasteiger partial charge in [0.1, 0.15) is 5.75 Å². The first kappa shape index (κ1) is 11.7. The van der Waals surface area contributed by atoms with Crippen LogP contribution in [0.25, 0.3) is 0 Å². The van der Waals surface area contributed by atoms with Crippen molar-refractivity contribution in [3.63, 3.8) is 0 Å². The number of hydrogen-bond acceptors (Lipinski definition) is 1. The van der Waals surface area contributed by atoms with E-state index in [-0.39, 0.29) is 0 Å². The molecule has 0 unspecified atom stereocenters. The van der Waals surface area contributed by atoms with Crippen molar-refractivity contribution in [2.24, 2.45) is 0 Å². The molecule has 2 rings (SSSR count). The van der Waals surface area contributed by atoms with Gasteiger partial charge < -0.3 is 5.11 Å². The zero-order valence-corrected chi connectivity index (χ0v) is 10.1. The fourth-order valence-electron chi connectivity index (χ4n) is 2.26. The van der Waals surface area contributed by atoms with E-state index in [0.29, 0.717) is 11.7 Å². The average molecular weight is 226 g/mol. The molecule has 0 radical (unpaired) electrons. The summed E-state index contributed by atoms with van der Waals surface area (Å²) < 4.78 is 0. The molecule has 0 aliphatic carbocycles. The highest BCUT2D eigenvalue weighted by Gasteiger charge is 2.15. The van der Waals surface area contributed by atoms with E-state index in [1.165, 1.54) is 5.56 Å². The molecular formula is C16H18O. The lowest BCUT2D eigenvalue weighted by molar-refractivity contribution is 0.462. The highest BCUT2D eigenvalue weighted by atomic mass is 16.3. The topological polar surface area (TPSA) is 20.2 Å². The van der Waals surface area contributed by atoms with Gasteiger partial charge in [-0.25, -0.2) is 0 Å². The highest BCUT2D eigenvalue weighted by molar-refractivity contribution is 5.41. The number of para-hydroxylation sites is 1. The molecule has 1 heteroatoms. The first-order chi connectivity index (χ1) is 8.33.